The van der Waals surface area contributed by atoms with Gasteiger partial charge in [0.15, 0.2) is 5.16 Å². The summed E-state index contributed by atoms with van der Waals surface area (Å²) < 4.78 is 11.1. The van der Waals surface area contributed by atoms with Crippen molar-refractivity contribution < 1.29 is 9.15 Å². The van der Waals surface area contributed by atoms with Crippen LogP contribution in [0.4, 0.5) is 0 Å². The lowest BCUT2D eigenvalue weighted by atomic mass is 10.3. The minimum atomic E-state index is 0.426. The molecule has 3 rings (SSSR count). The van der Waals surface area contributed by atoms with E-state index in [-0.39, 0.29) is 0 Å². The Kier molecular flexibility index (Phi) is 4.17. The number of hydrogen-bond donors (Lipinski definition) is 2. The van der Waals surface area contributed by atoms with Crippen LogP contribution in [0.5, 0.6) is 5.75 Å². The number of aromatic nitrogens is 2. The van der Waals surface area contributed by atoms with Crippen LogP contribution in [0.1, 0.15) is 18.4 Å². The Hall–Kier alpha value is -1.92. The van der Waals surface area contributed by atoms with Gasteiger partial charge in [-0.15, -0.1) is 0 Å². The van der Waals surface area contributed by atoms with Crippen molar-refractivity contribution in [2.75, 3.05) is 6.61 Å². The Morgan fingerprint density at radius 3 is 2.90 bits per heavy atom. The minimum absolute atomic E-state index is 0.426. The topological polar surface area (TPSA) is 77.1 Å². The van der Waals surface area contributed by atoms with E-state index in [1.54, 1.807) is 11.8 Å². The zero-order valence-corrected chi connectivity index (χ0v) is 12.6. The van der Waals surface area contributed by atoms with Gasteiger partial charge in [0.05, 0.1) is 29.9 Å². The number of nitrogens with zero attached hydrogens (tertiary/aromatic N) is 1. The highest BCUT2D eigenvalue weighted by molar-refractivity contribution is 7.98. The zero-order valence-electron chi connectivity index (χ0n) is 11.8. The normalized spacial score (nSPS) is 11.1. The summed E-state index contributed by atoms with van der Waals surface area (Å²) in [6.07, 6.45) is 0. The fraction of sp³-hybridized carbons (Fsp3) is 0.267. The van der Waals surface area contributed by atoms with E-state index in [0.717, 1.165) is 39.2 Å². The number of nitrogens with one attached hydrogen (secondary N) is 1. The quantitative estimate of drug-likeness (QED) is 0.683. The molecule has 1 aromatic carbocycles. The molecule has 0 aliphatic heterocycles. The molecule has 0 aliphatic carbocycles. The van der Waals surface area contributed by atoms with E-state index in [4.69, 9.17) is 14.9 Å². The first kappa shape index (κ1) is 14.0. The number of rotatable bonds is 6. The summed E-state index contributed by atoms with van der Waals surface area (Å²) in [6, 6.07) is 9.71. The van der Waals surface area contributed by atoms with Crippen molar-refractivity contribution in [1.82, 2.24) is 9.97 Å². The molecule has 110 valence electrons. The van der Waals surface area contributed by atoms with Crippen LogP contribution in [0.25, 0.3) is 11.0 Å². The number of ether oxygens (including phenoxy) is 1. The molecule has 3 aromatic rings. The number of benzene rings is 1. The van der Waals surface area contributed by atoms with Crippen molar-refractivity contribution in [3.05, 3.63) is 41.9 Å². The number of aromatic amines is 1. The van der Waals surface area contributed by atoms with E-state index in [2.05, 4.69) is 9.97 Å². The van der Waals surface area contributed by atoms with Crippen LogP contribution in [-0.2, 0) is 12.3 Å². The standard InChI is InChI=1S/C15H17N3O2S/c1-2-19-10-5-6-13-14(7-10)18-15(17-13)21-9-12-4-3-11(8-16)20-12/h3-7H,2,8-9,16H2,1H3,(H,17,18). The SMILES string of the molecule is CCOc1ccc2nc(SCc3ccc(CN)o3)[nH]c2c1. The average Bonchev–Trinajstić information content (AvgIpc) is 3.11. The van der Waals surface area contributed by atoms with Crippen LogP contribution in [0.2, 0.25) is 0 Å². The molecule has 0 bridgehead atoms. The zero-order chi connectivity index (χ0) is 14.7. The molecule has 0 saturated heterocycles. The van der Waals surface area contributed by atoms with Crippen LogP contribution in [-0.4, -0.2) is 16.6 Å². The maximum Gasteiger partial charge on any atom is 0.166 e. The second kappa shape index (κ2) is 6.24. The molecule has 21 heavy (non-hydrogen) atoms. The van der Waals surface area contributed by atoms with Crippen molar-refractivity contribution in [2.45, 2.75) is 24.4 Å². The first-order valence-electron chi connectivity index (χ1n) is 6.81. The number of nitrogens with two attached hydrogens (primary N) is 1. The van der Waals surface area contributed by atoms with E-state index in [0.29, 0.717) is 13.2 Å². The number of H-pyrrole nitrogens is 1. The third kappa shape index (κ3) is 3.22. The summed E-state index contributed by atoms with van der Waals surface area (Å²) in [4.78, 5) is 7.83. The van der Waals surface area contributed by atoms with Crippen molar-refractivity contribution >= 4 is 22.8 Å². The Morgan fingerprint density at radius 1 is 1.29 bits per heavy atom. The lowest BCUT2D eigenvalue weighted by Crippen LogP contribution is -1.92. The number of furan rings is 1. The van der Waals surface area contributed by atoms with Gasteiger partial charge in [0.1, 0.15) is 17.3 Å². The van der Waals surface area contributed by atoms with E-state index in [1.807, 2.05) is 37.3 Å². The molecular weight excluding hydrogens is 286 g/mol. The maximum atomic E-state index is 5.57. The molecule has 2 heterocycles. The van der Waals surface area contributed by atoms with Gasteiger partial charge < -0.3 is 19.9 Å². The largest absolute Gasteiger partial charge is 0.494 e. The van der Waals surface area contributed by atoms with Crippen LogP contribution < -0.4 is 10.5 Å². The van der Waals surface area contributed by atoms with Gasteiger partial charge in [0.25, 0.3) is 0 Å². The van der Waals surface area contributed by atoms with Crippen molar-refractivity contribution in [3.63, 3.8) is 0 Å². The van der Waals surface area contributed by atoms with E-state index in [9.17, 15) is 0 Å². The molecule has 0 aliphatic rings. The van der Waals surface area contributed by atoms with Gasteiger partial charge in [0, 0.05) is 6.07 Å². The Balaban J connectivity index is 1.71. The first-order valence-corrected chi connectivity index (χ1v) is 7.80. The Morgan fingerprint density at radius 2 is 2.14 bits per heavy atom. The monoisotopic (exact) mass is 303 g/mol. The molecule has 0 atom stereocenters. The molecule has 5 nitrogen and oxygen atoms in total. The summed E-state index contributed by atoms with van der Waals surface area (Å²) in [5, 5.41) is 0.865. The van der Waals surface area contributed by atoms with E-state index >= 15 is 0 Å². The predicted octanol–water partition coefficient (Wildman–Crippen LogP) is 3.31. The van der Waals surface area contributed by atoms with Gasteiger partial charge in [-0.05, 0) is 31.2 Å². The molecule has 0 unspecified atom stereocenters. The molecule has 0 radical (unpaired) electrons. The van der Waals surface area contributed by atoms with Crippen LogP contribution >= 0.6 is 11.8 Å². The number of fused-ring (bicyclic) bond motifs is 1. The van der Waals surface area contributed by atoms with Gasteiger partial charge in [0.2, 0.25) is 0 Å². The van der Waals surface area contributed by atoms with Gasteiger partial charge in [-0.2, -0.15) is 0 Å². The average molecular weight is 303 g/mol. The molecule has 0 amide bonds. The molecule has 0 fully saturated rings. The van der Waals surface area contributed by atoms with Crippen molar-refractivity contribution in [2.24, 2.45) is 5.73 Å². The summed E-state index contributed by atoms with van der Waals surface area (Å²) in [5.41, 5.74) is 7.44. The summed E-state index contributed by atoms with van der Waals surface area (Å²) in [7, 11) is 0. The van der Waals surface area contributed by atoms with Gasteiger partial charge in [-0.25, -0.2) is 4.98 Å². The van der Waals surface area contributed by atoms with E-state index in [1.165, 1.54) is 0 Å². The molecule has 6 heteroatoms. The summed E-state index contributed by atoms with van der Waals surface area (Å²) in [5.74, 6) is 3.27. The smallest absolute Gasteiger partial charge is 0.166 e. The minimum Gasteiger partial charge on any atom is -0.494 e. The van der Waals surface area contributed by atoms with Crippen molar-refractivity contribution in [1.29, 1.82) is 0 Å². The number of imidazole rings is 1. The molecule has 3 N–H and O–H groups in total. The highest BCUT2D eigenvalue weighted by Gasteiger charge is 2.07. The fourth-order valence-corrected chi connectivity index (χ4v) is 2.82. The van der Waals surface area contributed by atoms with Gasteiger partial charge in [-0.3, -0.25) is 0 Å². The fourth-order valence-electron chi connectivity index (χ4n) is 2.04. The van der Waals surface area contributed by atoms with Crippen molar-refractivity contribution in [3.8, 4) is 5.75 Å². The van der Waals surface area contributed by atoms with Crippen LogP contribution in [0.15, 0.2) is 39.9 Å². The van der Waals surface area contributed by atoms with E-state index < -0.39 is 0 Å². The second-order valence-corrected chi connectivity index (χ2v) is 5.48. The number of thioether (sulfide) groups is 1. The van der Waals surface area contributed by atoms with Crippen LogP contribution in [0.3, 0.4) is 0 Å². The summed E-state index contributed by atoms with van der Waals surface area (Å²) in [6.45, 7) is 3.05. The lowest BCUT2D eigenvalue weighted by molar-refractivity contribution is 0.340. The third-order valence-electron chi connectivity index (χ3n) is 3.01. The molecule has 0 saturated carbocycles. The lowest BCUT2D eigenvalue weighted by Gasteiger charge is -2.00. The summed E-state index contributed by atoms with van der Waals surface area (Å²) >= 11 is 1.60. The third-order valence-corrected chi connectivity index (χ3v) is 3.91. The highest BCUT2D eigenvalue weighted by Crippen LogP contribution is 2.26. The van der Waals surface area contributed by atoms with Gasteiger partial charge >= 0.3 is 0 Å². The molecule has 0 spiro atoms. The Labute approximate surface area is 126 Å². The highest BCUT2D eigenvalue weighted by atomic mass is 32.2. The molecule has 2 aromatic heterocycles. The number of hydrogen-bond acceptors (Lipinski definition) is 5. The maximum absolute atomic E-state index is 5.57. The molecular formula is C15H17N3O2S. The second-order valence-electron chi connectivity index (χ2n) is 4.51. The van der Waals surface area contributed by atoms with Crippen LogP contribution in [0, 0.1) is 0 Å². The predicted molar refractivity (Wildman–Crippen MR) is 83.4 cm³/mol. The Bertz CT molecular complexity index is 735. The van der Waals surface area contributed by atoms with Gasteiger partial charge in [-0.1, -0.05) is 11.8 Å². The first-order chi connectivity index (χ1) is 10.3.